The van der Waals surface area contributed by atoms with Gasteiger partial charge < -0.3 is 14.6 Å². The fraction of sp³-hybridized carbons (Fsp3) is 0.613. The number of aryl methyl sites for hydroxylation is 4. The maximum Gasteiger partial charge on any atom is 0.325 e. The molecule has 2 aliphatic carbocycles. The summed E-state index contributed by atoms with van der Waals surface area (Å²) in [7, 11) is 0. The van der Waals surface area contributed by atoms with Crippen molar-refractivity contribution >= 4 is 5.97 Å². The van der Waals surface area contributed by atoms with E-state index in [4.69, 9.17) is 14.5 Å². The van der Waals surface area contributed by atoms with E-state index in [0.29, 0.717) is 25.7 Å². The van der Waals surface area contributed by atoms with Gasteiger partial charge in [0, 0.05) is 37.7 Å². The van der Waals surface area contributed by atoms with Crippen molar-refractivity contribution in [1.82, 2.24) is 9.88 Å². The zero-order chi connectivity index (χ0) is 25.6. The van der Waals surface area contributed by atoms with Gasteiger partial charge in [0.2, 0.25) is 0 Å². The second-order valence-electron chi connectivity index (χ2n) is 11.3. The smallest absolute Gasteiger partial charge is 0.325 e. The van der Waals surface area contributed by atoms with Crippen molar-refractivity contribution in [3.05, 3.63) is 64.0 Å². The fourth-order valence-electron chi connectivity index (χ4n) is 5.76. The number of unbranched alkanes of at least 4 members (excludes halogenated alkanes) is 1. The van der Waals surface area contributed by atoms with Crippen molar-refractivity contribution in [2.75, 3.05) is 26.3 Å². The van der Waals surface area contributed by atoms with Crippen LogP contribution in [0.5, 0.6) is 0 Å². The zero-order valence-corrected chi connectivity index (χ0v) is 22.3. The van der Waals surface area contributed by atoms with E-state index in [0.717, 1.165) is 61.9 Å². The highest BCUT2D eigenvalue weighted by Crippen LogP contribution is 2.32. The van der Waals surface area contributed by atoms with E-state index in [1.165, 1.54) is 49.1 Å². The minimum absolute atomic E-state index is 0.0862. The summed E-state index contributed by atoms with van der Waals surface area (Å²) in [5.74, 6) is -0.109. The highest BCUT2D eigenvalue weighted by molar-refractivity contribution is 5.76. The normalized spacial score (nSPS) is 20.6. The zero-order valence-electron chi connectivity index (χ0n) is 22.3. The van der Waals surface area contributed by atoms with Crippen LogP contribution < -0.4 is 0 Å². The number of nitrogens with zero attached hydrogens (tertiary/aromatic N) is 2. The van der Waals surface area contributed by atoms with Crippen LogP contribution in [-0.4, -0.2) is 53.4 Å². The van der Waals surface area contributed by atoms with Crippen LogP contribution in [0.1, 0.15) is 84.6 Å². The van der Waals surface area contributed by atoms with E-state index in [1.807, 2.05) is 25.1 Å². The molecule has 200 valence electrons. The number of benzene rings is 1. The average molecular weight is 507 g/mol. The lowest BCUT2D eigenvalue weighted by Crippen LogP contribution is -2.34. The molecule has 1 saturated heterocycles. The number of rotatable bonds is 13. The third-order valence-corrected chi connectivity index (χ3v) is 8.10. The van der Waals surface area contributed by atoms with Gasteiger partial charge >= 0.3 is 5.97 Å². The minimum Gasteiger partial charge on any atom is -0.480 e. The fourth-order valence-corrected chi connectivity index (χ4v) is 5.76. The second-order valence-corrected chi connectivity index (χ2v) is 11.3. The third kappa shape index (κ3) is 7.18. The van der Waals surface area contributed by atoms with E-state index < -0.39 is 12.0 Å². The van der Waals surface area contributed by atoms with Gasteiger partial charge in [-0.3, -0.25) is 14.7 Å². The van der Waals surface area contributed by atoms with Crippen LogP contribution in [0.3, 0.4) is 0 Å². The molecule has 2 atom stereocenters. The Bertz CT molecular complexity index is 1070. The molecule has 1 unspecified atom stereocenters. The summed E-state index contributed by atoms with van der Waals surface area (Å²) in [4.78, 5) is 19.4. The van der Waals surface area contributed by atoms with Crippen molar-refractivity contribution in [2.45, 2.75) is 89.9 Å². The monoisotopic (exact) mass is 506 g/mol. The van der Waals surface area contributed by atoms with E-state index >= 15 is 0 Å². The molecule has 2 heterocycles. The summed E-state index contributed by atoms with van der Waals surface area (Å²) in [5.41, 5.74) is 6.87. The molecular weight excluding hydrogens is 464 g/mol. The molecule has 2 fully saturated rings. The maximum absolute atomic E-state index is 12.4. The van der Waals surface area contributed by atoms with Crippen LogP contribution in [-0.2, 0) is 40.1 Å². The molecule has 1 N–H and O–H groups in total. The van der Waals surface area contributed by atoms with E-state index in [1.54, 1.807) is 0 Å². The Balaban J connectivity index is 1.10. The molecule has 3 aliphatic rings. The number of carboxylic acids is 1. The minimum atomic E-state index is -0.799. The van der Waals surface area contributed by atoms with Gasteiger partial charge in [-0.25, -0.2) is 0 Å². The maximum atomic E-state index is 12.4. The molecule has 37 heavy (non-hydrogen) atoms. The molecule has 1 aromatic heterocycles. The van der Waals surface area contributed by atoms with Gasteiger partial charge in [-0.15, -0.1) is 0 Å². The first-order valence-electron chi connectivity index (χ1n) is 14.3. The Morgan fingerprint density at radius 1 is 1.14 bits per heavy atom. The first-order valence-corrected chi connectivity index (χ1v) is 14.3. The number of hydrogen-bond acceptors (Lipinski definition) is 5. The van der Waals surface area contributed by atoms with E-state index in [-0.39, 0.29) is 6.10 Å². The standard InChI is InChI=1S/C31H42N2O4/c1-22-9-12-25(21-36-20-23-10-11-23)28(18-22)30(31(34)35)33-16-15-27(19-33)37-17-5-4-7-26-14-13-24-6-2-3-8-29(24)32-26/h9,12-14,18,23,27,30H,2-8,10-11,15-17,19-21H2,1H3,(H,34,35)/t27-,30?/m1/s1. The van der Waals surface area contributed by atoms with Crippen molar-refractivity contribution in [3.63, 3.8) is 0 Å². The molecular formula is C31H42N2O4. The highest BCUT2D eigenvalue weighted by atomic mass is 16.5. The average Bonchev–Trinajstić information content (AvgIpc) is 3.61. The molecule has 5 rings (SSSR count). The Labute approximate surface area is 221 Å². The summed E-state index contributed by atoms with van der Waals surface area (Å²) >= 11 is 0. The van der Waals surface area contributed by atoms with E-state index in [2.05, 4.69) is 17.0 Å². The lowest BCUT2D eigenvalue weighted by atomic mass is 9.95. The summed E-state index contributed by atoms with van der Waals surface area (Å²) in [5, 5.41) is 10.2. The van der Waals surface area contributed by atoms with Gasteiger partial charge in [0.05, 0.1) is 12.7 Å². The Morgan fingerprint density at radius 3 is 2.84 bits per heavy atom. The van der Waals surface area contributed by atoms with Gasteiger partial charge in [-0.2, -0.15) is 0 Å². The predicted molar refractivity (Wildman–Crippen MR) is 144 cm³/mol. The number of carboxylic acid groups (broad SMARTS) is 1. The summed E-state index contributed by atoms with van der Waals surface area (Å²) < 4.78 is 12.1. The number of hydrogen-bond donors (Lipinski definition) is 1. The number of aromatic nitrogens is 1. The summed E-state index contributed by atoms with van der Waals surface area (Å²) in [6.45, 7) is 5.37. The first kappa shape index (κ1) is 26.3. The SMILES string of the molecule is Cc1ccc(COCC2CC2)c(C(C(=O)O)N2CC[C@@H](OCCCCc3ccc4c(n3)CCCC4)C2)c1. The van der Waals surface area contributed by atoms with Gasteiger partial charge in [0.25, 0.3) is 0 Å². The molecule has 1 aromatic carbocycles. The van der Waals surface area contributed by atoms with Crippen molar-refractivity contribution < 1.29 is 19.4 Å². The van der Waals surface area contributed by atoms with Crippen LogP contribution in [0.4, 0.5) is 0 Å². The molecule has 0 radical (unpaired) electrons. The van der Waals surface area contributed by atoms with Gasteiger partial charge in [0.15, 0.2) is 0 Å². The topological polar surface area (TPSA) is 71.9 Å². The number of pyridine rings is 1. The van der Waals surface area contributed by atoms with E-state index in [9.17, 15) is 9.90 Å². The number of ether oxygens (including phenoxy) is 2. The molecule has 1 saturated carbocycles. The van der Waals surface area contributed by atoms with Crippen molar-refractivity contribution in [3.8, 4) is 0 Å². The van der Waals surface area contributed by atoms with Crippen LogP contribution >= 0.6 is 0 Å². The first-order chi connectivity index (χ1) is 18.1. The number of likely N-dealkylation sites (tertiary alicyclic amines) is 1. The summed E-state index contributed by atoms with van der Waals surface area (Å²) in [6, 6.07) is 9.92. The third-order valence-electron chi connectivity index (χ3n) is 8.10. The Hall–Kier alpha value is -2.28. The molecule has 0 amide bonds. The van der Waals surface area contributed by atoms with Crippen LogP contribution in [0.25, 0.3) is 0 Å². The highest BCUT2D eigenvalue weighted by Gasteiger charge is 2.35. The molecule has 2 aromatic rings. The molecule has 0 spiro atoms. The lowest BCUT2D eigenvalue weighted by Gasteiger charge is -2.27. The van der Waals surface area contributed by atoms with Gasteiger partial charge in [0.1, 0.15) is 6.04 Å². The molecule has 6 nitrogen and oxygen atoms in total. The quantitative estimate of drug-likeness (QED) is 0.365. The van der Waals surface area contributed by atoms with Gasteiger partial charge in [-0.1, -0.05) is 29.8 Å². The summed E-state index contributed by atoms with van der Waals surface area (Å²) in [6.07, 6.45) is 11.4. The number of carbonyl (C=O) groups is 1. The van der Waals surface area contributed by atoms with Gasteiger partial charge in [-0.05, 0) is 99.8 Å². The largest absolute Gasteiger partial charge is 0.480 e. The molecule has 1 aliphatic heterocycles. The predicted octanol–water partition coefficient (Wildman–Crippen LogP) is 5.43. The Kier molecular flexibility index (Phi) is 8.90. The molecule has 6 heteroatoms. The van der Waals surface area contributed by atoms with Crippen molar-refractivity contribution in [2.24, 2.45) is 5.92 Å². The lowest BCUT2D eigenvalue weighted by molar-refractivity contribution is -0.143. The van der Waals surface area contributed by atoms with Crippen LogP contribution in [0, 0.1) is 12.8 Å². The van der Waals surface area contributed by atoms with Crippen LogP contribution in [0.2, 0.25) is 0 Å². The number of aliphatic carboxylic acids is 1. The molecule has 0 bridgehead atoms. The Morgan fingerprint density at radius 2 is 2.00 bits per heavy atom. The van der Waals surface area contributed by atoms with Crippen LogP contribution in [0.15, 0.2) is 30.3 Å². The van der Waals surface area contributed by atoms with Crippen molar-refractivity contribution in [1.29, 1.82) is 0 Å². The second kappa shape index (κ2) is 12.5. The number of fused-ring (bicyclic) bond motifs is 1.